The molecule has 0 radical (unpaired) electrons. The van der Waals surface area contributed by atoms with Crippen LogP contribution in [0.25, 0.3) is 0 Å². The highest BCUT2D eigenvalue weighted by Gasteiger charge is 2.37. The van der Waals surface area contributed by atoms with Crippen LogP contribution in [0, 0.1) is 16.7 Å². The molecule has 0 aliphatic heterocycles. The average Bonchev–Trinajstić information content (AvgIpc) is 2.55. The van der Waals surface area contributed by atoms with Gasteiger partial charge < -0.3 is 20.3 Å². The van der Waals surface area contributed by atoms with Gasteiger partial charge in [-0.05, 0) is 33.5 Å². The molecule has 3 unspecified atom stereocenters. The number of carbonyl (C=O) groups is 2. The van der Waals surface area contributed by atoms with Crippen molar-refractivity contribution in [3.63, 3.8) is 0 Å². The number of rotatable bonds is 8. The minimum absolute atomic E-state index is 0.0773. The minimum Gasteiger partial charge on any atom is -0.449 e. The summed E-state index contributed by atoms with van der Waals surface area (Å²) in [6, 6.07) is -0.722. The number of alkyl carbamates (subject to hydrolysis) is 1. The van der Waals surface area contributed by atoms with E-state index in [1.807, 2.05) is 19.0 Å². The SMILES string of the molecule is CNC(=O)C1C(COC(=O)NCCCN(C)C)CC=CC1N=O. The van der Waals surface area contributed by atoms with E-state index in [1.54, 1.807) is 12.2 Å². The van der Waals surface area contributed by atoms with Gasteiger partial charge in [0.15, 0.2) is 0 Å². The predicted molar refractivity (Wildman–Crippen MR) is 86.9 cm³/mol. The normalized spacial score (nSPS) is 23.4. The largest absolute Gasteiger partial charge is 0.449 e. The van der Waals surface area contributed by atoms with Crippen molar-refractivity contribution in [2.75, 3.05) is 40.8 Å². The first-order valence-corrected chi connectivity index (χ1v) is 7.75. The number of nitrogens with zero attached hydrogens (tertiary/aromatic N) is 2. The van der Waals surface area contributed by atoms with Crippen LogP contribution >= 0.6 is 0 Å². The van der Waals surface area contributed by atoms with Crippen molar-refractivity contribution in [2.45, 2.75) is 18.9 Å². The van der Waals surface area contributed by atoms with Crippen LogP contribution in [0.5, 0.6) is 0 Å². The summed E-state index contributed by atoms with van der Waals surface area (Å²) in [5.41, 5.74) is 0. The predicted octanol–water partition coefficient (Wildman–Crippen LogP) is 0.738. The van der Waals surface area contributed by atoms with E-state index >= 15 is 0 Å². The van der Waals surface area contributed by atoms with E-state index in [9.17, 15) is 14.5 Å². The molecule has 0 saturated heterocycles. The van der Waals surface area contributed by atoms with Gasteiger partial charge in [0.2, 0.25) is 5.91 Å². The molecule has 0 heterocycles. The van der Waals surface area contributed by atoms with Crippen molar-refractivity contribution in [2.24, 2.45) is 17.0 Å². The fourth-order valence-corrected chi connectivity index (χ4v) is 2.57. The van der Waals surface area contributed by atoms with Crippen LogP contribution in [0.2, 0.25) is 0 Å². The third-order valence-corrected chi connectivity index (χ3v) is 3.80. The van der Waals surface area contributed by atoms with E-state index in [2.05, 4.69) is 15.8 Å². The summed E-state index contributed by atoms with van der Waals surface area (Å²) in [6.07, 6.45) is 4.31. The molecule has 0 aromatic heterocycles. The Morgan fingerprint density at radius 1 is 1.39 bits per heavy atom. The van der Waals surface area contributed by atoms with Gasteiger partial charge in [0.25, 0.3) is 0 Å². The number of carbonyl (C=O) groups excluding carboxylic acids is 2. The lowest BCUT2D eigenvalue weighted by Gasteiger charge is -2.29. The van der Waals surface area contributed by atoms with Crippen molar-refractivity contribution >= 4 is 12.0 Å². The van der Waals surface area contributed by atoms with Gasteiger partial charge in [-0.25, -0.2) is 4.79 Å². The van der Waals surface area contributed by atoms with Crippen LogP contribution in [0.15, 0.2) is 17.3 Å². The van der Waals surface area contributed by atoms with Gasteiger partial charge >= 0.3 is 6.09 Å². The molecule has 0 aromatic rings. The van der Waals surface area contributed by atoms with Crippen molar-refractivity contribution in [3.05, 3.63) is 17.1 Å². The molecule has 8 heteroatoms. The number of allylic oxidation sites excluding steroid dienone is 1. The molecular weight excluding hydrogens is 300 g/mol. The number of amides is 2. The zero-order valence-electron chi connectivity index (χ0n) is 13.9. The zero-order chi connectivity index (χ0) is 17.2. The van der Waals surface area contributed by atoms with Gasteiger partial charge in [-0.15, -0.1) is 0 Å². The second-order valence-corrected chi connectivity index (χ2v) is 5.84. The molecule has 8 nitrogen and oxygen atoms in total. The Morgan fingerprint density at radius 3 is 2.74 bits per heavy atom. The Labute approximate surface area is 136 Å². The second kappa shape index (κ2) is 9.94. The molecule has 0 fully saturated rings. The fraction of sp³-hybridized carbons (Fsp3) is 0.733. The molecule has 130 valence electrons. The Morgan fingerprint density at radius 2 is 2.13 bits per heavy atom. The topological polar surface area (TPSA) is 100 Å². The molecule has 3 atom stereocenters. The maximum atomic E-state index is 12.0. The zero-order valence-corrected chi connectivity index (χ0v) is 13.9. The molecule has 2 amide bonds. The maximum absolute atomic E-state index is 12.0. The second-order valence-electron chi connectivity index (χ2n) is 5.84. The summed E-state index contributed by atoms with van der Waals surface area (Å²) in [6.45, 7) is 1.48. The smallest absolute Gasteiger partial charge is 0.407 e. The van der Waals surface area contributed by atoms with Crippen molar-refractivity contribution in [1.29, 1.82) is 0 Å². The lowest BCUT2D eigenvalue weighted by molar-refractivity contribution is -0.127. The highest BCUT2D eigenvalue weighted by atomic mass is 16.5. The van der Waals surface area contributed by atoms with Crippen LogP contribution < -0.4 is 10.6 Å². The van der Waals surface area contributed by atoms with Crippen LogP contribution in [-0.4, -0.2) is 63.8 Å². The summed E-state index contributed by atoms with van der Waals surface area (Å²) >= 11 is 0. The van der Waals surface area contributed by atoms with Gasteiger partial charge in [0, 0.05) is 19.5 Å². The van der Waals surface area contributed by atoms with E-state index in [4.69, 9.17) is 4.74 Å². The standard InChI is InChI=1S/C15H26N4O4/c1-16-14(20)13-11(6-4-7-12(13)18-22)10-23-15(21)17-8-5-9-19(2)3/h4,7,11-13H,5-6,8-10H2,1-3H3,(H,16,20)(H,17,21). The summed E-state index contributed by atoms with van der Waals surface area (Å²) in [5, 5.41) is 8.20. The first kappa shape index (κ1) is 19.1. The van der Waals surface area contributed by atoms with Crippen LogP contribution in [0.3, 0.4) is 0 Å². The number of ether oxygens (including phenoxy) is 1. The summed E-state index contributed by atoms with van der Waals surface area (Å²) in [5.74, 6) is -1.13. The molecule has 0 saturated carbocycles. The molecule has 1 aliphatic rings. The van der Waals surface area contributed by atoms with Crippen LogP contribution in [0.1, 0.15) is 12.8 Å². The maximum Gasteiger partial charge on any atom is 0.407 e. The Balaban J connectivity index is 2.44. The third-order valence-electron chi connectivity index (χ3n) is 3.80. The summed E-state index contributed by atoms with van der Waals surface area (Å²) in [7, 11) is 5.44. The fourth-order valence-electron chi connectivity index (χ4n) is 2.57. The Hall–Kier alpha value is -1.96. The quantitative estimate of drug-likeness (QED) is 0.389. The minimum atomic E-state index is -0.722. The molecule has 1 aliphatic carbocycles. The number of nitrogens with one attached hydrogen (secondary N) is 2. The third kappa shape index (κ3) is 6.35. The average molecular weight is 326 g/mol. The summed E-state index contributed by atoms with van der Waals surface area (Å²) in [4.78, 5) is 36.6. The van der Waals surface area contributed by atoms with Gasteiger partial charge in [0.05, 0.1) is 12.5 Å². The van der Waals surface area contributed by atoms with Crippen molar-refractivity contribution in [1.82, 2.24) is 15.5 Å². The number of nitroso groups, excluding NO2 is 1. The molecular formula is C15H26N4O4. The van der Waals surface area contributed by atoms with E-state index in [-0.39, 0.29) is 18.4 Å². The summed E-state index contributed by atoms with van der Waals surface area (Å²) < 4.78 is 5.19. The Kier molecular flexibility index (Phi) is 8.25. The van der Waals surface area contributed by atoms with Gasteiger partial charge in [-0.2, -0.15) is 4.91 Å². The number of hydrogen-bond acceptors (Lipinski definition) is 6. The van der Waals surface area contributed by atoms with Gasteiger partial charge in [-0.3, -0.25) is 4.79 Å². The first-order valence-electron chi connectivity index (χ1n) is 7.75. The van der Waals surface area contributed by atoms with E-state index in [0.29, 0.717) is 13.0 Å². The highest BCUT2D eigenvalue weighted by molar-refractivity contribution is 5.80. The molecule has 1 rings (SSSR count). The number of hydrogen-bond donors (Lipinski definition) is 2. The van der Waals surface area contributed by atoms with Crippen molar-refractivity contribution < 1.29 is 14.3 Å². The lowest BCUT2D eigenvalue weighted by Crippen LogP contribution is -2.43. The Bertz CT molecular complexity index is 439. The lowest BCUT2D eigenvalue weighted by atomic mass is 9.80. The van der Waals surface area contributed by atoms with E-state index in [0.717, 1.165) is 13.0 Å². The van der Waals surface area contributed by atoms with Crippen LogP contribution in [-0.2, 0) is 9.53 Å². The molecule has 0 spiro atoms. The van der Waals surface area contributed by atoms with Gasteiger partial charge in [0.1, 0.15) is 6.04 Å². The monoisotopic (exact) mass is 326 g/mol. The van der Waals surface area contributed by atoms with Crippen molar-refractivity contribution in [3.8, 4) is 0 Å². The molecule has 0 bridgehead atoms. The molecule has 23 heavy (non-hydrogen) atoms. The highest BCUT2D eigenvalue weighted by Crippen LogP contribution is 2.28. The first-order chi connectivity index (χ1) is 11.0. The van der Waals surface area contributed by atoms with Gasteiger partial charge in [-0.1, -0.05) is 17.3 Å². The molecule has 2 N–H and O–H groups in total. The van der Waals surface area contributed by atoms with E-state index < -0.39 is 18.1 Å². The molecule has 0 aromatic carbocycles. The van der Waals surface area contributed by atoms with Crippen LogP contribution in [0.4, 0.5) is 4.79 Å². The van der Waals surface area contributed by atoms with E-state index in [1.165, 1.54) is 7.05 Å².